The number of nitrogens with two attached hydrogens (primary N) is 1. The van der Waals surface area contributed by atoms with E-state index in [1.165, 1.54) is 16.7 Å². The predicted molar refractivity (Wildman–Crippen MR) is 104 cm³/mol. The number of oxazole rings is 1. The Labute approximate surface area is 171 Å². The largest absolute Gasteiger partial charge is 0.487 e. The molecule has 0 saturated heterocycles. The van der Waals surface area contributed by atoms with E-state index in [1.807, 2.05) is 0 Å². The second-order valence-corrected chi connectivity index (χ2v) is 7.15. The van der Waals surface area contributed by atoms with Gasteiger partial charge in [0, 0.05) is 19.7 Å². The van der Waals surface area contributed by atoms with Crippen LogP contribution in [0, 0.1) is 0 Å². The number of hydrogen-bond donors (Lipinski definition) is 3. The molecule has 1 aromatic heterocycles. The summed E-state index contributed by atoms with van der Waals surface area (Å²) >= 11 is 6.25. The summed E-state index contributed by atoms with van der Waals surface area (Å²) in [5.41, 5.74) is 4.88. The summed E-state index contributed by atoms with van der Waals surface area (Å²) in [5, 5.41) is 18.5. The Hall–Kier alpha value is -2.11. The zero-order valence-corrected chi connectivity index (χ0v) is 17.0. The first-order valence-corrected chi connectivity index (χ1v) is 9.25. The molecule has 1 unspecified atom stereocenters. The molecular formula is C18H25ClN2O8. The van der Waals surface area contributed by atoms with Gasteiger partial charge in [0.05, 0.1) is 42.3 Å². The van der Waals surface area contributed by atoms with Gasteiger partial charge >= 0.3 is 11.7 Å². The third-order valence-electron chi connectivity index (χ3n) is 4.14. The topological polar surface area (TPSA) is 146 Å². The highest BCUT2D eigenvalue weighted by Gasteiger charge is 2.25. The molecule has 10 nitrogen and oxygen atoms in total. The summed E-state index contributed by atoms with van der Waals surface area (Å²) in [6, 6.07) is 3.02. The van der Waals surface area contributed by atoms with E-state index in [0.29, 0.717) is 17.9 Å². The number of carbonyl (C=O) groups excluding carboxylic acids is 1. The molecule has 0 amide bonds. The Morgan fingerprint density at radius 1 is 1.38 bits per heavy atom. The molecule has 0 radical (unpaired) electrons. The first-order chi connectivity index (χ1) is 13.7. The van der Waals surface area contributed by atoms with Crippen molar-refractivity contribution in [2.24, 2.45) is 5.73 Å². The van der Waals surface area contributed by atoms with Crippen molar-refractivity contribution < 1.29 is 33.6 Å². The molecule has 162 valence electrons. The number of fused-ring (bicyclic) bond motifs is 1. The summed E-state index contributed by atoms with van der Waals surface area (Å²) in [7, 11) is 1.55. The van der Waals surface area contributed by atoms with E-state index in [4.69, 9.17) is 46.2 Å². The SMILES string of the molecule is COCC(C)Oc1cc2oc(=O)n(CCC(=O)OCC(N)(CO)CO)c2cc1Cl. The summed E-state index contributed by atoms with van der Waals surface area (Å²) in [5.74, 6) is -0.969. The van der Waals surface area contributed by atoms with Crippen molar-refractivity contribution in [3.05, 3.63) is 27.7 Å². The van der Waals surface area contributed by atoms with E-state index >= 15 is 0 Å². The standard InChI is InChI=1S/C18H25ClN2O8/c1-11(7-26-2)28-14-6-15-13(5-12(14)19)21(17(25)29-15)4-3-16(24)27-10-18(20,8-22)9-23/h5-6,11,22-23H,3-4,7-10,20H2,1-2H3. The number of aliphatic hydroxyl groups excluding tert-OH is 2. The van der Waals surface area contributed by atoms with Gasteiger partial charge in [-0.2, -0.15) is 0 Å². The van der Waals surface area contributed by atoms with Crippen LogP contribution in [0.15, 0.2) is 21.3 Å². The first kappa shape index (κ1) is 23.2. The van der Waals surface area contributed by atoms with Crippen molar-refractivity contribution in [2.45, 2.75) is 31.5 Å². The maximum Gasteiger partial charge on any atom is 0.419 e. The highest BCUT2D eigenvalue weighted by atomic mass is 35.5. The van der Waals surface area contributed by atoms with Gasteiger partial charge < -0.3 is 34.6 Å². The maximum atomic E-state index is 12.2. The first-order valence-electron chi connectivity index (χ1n) is 8.87. The number of benzene rings is 1. The molecule has 0 aliphatic carbocycles. The predicted octanol–water partition coefficient (Wildman–Crippen LogP) is 0.277. The van der Waals surface area contributed by atoms with E-state index in [2.05, 4.69) is 0 Å². The van der Waals surface area contributed by atoms with Crippen LogP contribution in [0.1, 0.15) is 13.3 Å². The monoisotopic (exact) mass is 432 g/mol. The van der Waals surface area contributed by atoms with Crippen molar-refractivity contribution in [2.75, 3.05) is 33.5 Å². The number of rotatable bonds is 11. The molecular weight excluding hydrogens is 408 g/mol. The zero-order valence-electron chi connectivity index (χ0n) is 16.2. The average Bonchev–Trinajstić information content (AvgIpc) is 2.99. The number of carbonyl (C=O) groups is 1. The van der Waals surface area contributed by atoms with Crippen molar-refractivity contribution in [3.63, 3.8) is 0 Å². The fraction of sp³-hybridized carbons (Fsp3) is 0.556. The van der Waals surface area contributed by atoms with Crippen molar-refractivity contribution in [3.8, 4) is 5.75 Å². The van der Waals surface area contributed by atoms with Gasteiger partial charge in [0.25, 0.3) is 0 Å². The molecule has 0 aliphatic rings. The van der Waals surface area contributed by atoms with Crippen molar-refractivity contribution >= 4 is 28.7 Å². The number of aliphatic hydroxyl groups is 2. The van der Waals surface area contributed by atoms with Gasteiger partial charge in [-0.1, -0.05) is 11.6 Å². The van der Waals surface area contributed by atoms with Crippen LogP contribution in [0.4, 0.5) is 0 Å². The molecule has 0 aliphatic heterocycles. The molecule has 2 aromatic rings. The molecule has 0 bridgehead atoms. The van der Waals surface area contributed by atoms with Crippen LogP contribution >= 0.6 is 11.6 Å². The fourth-order valence-corrected chi connectivity index (χ4v) is 2.70. The number of halogens is 1. The molecule has 0 spiro atoms. The van der Waals surface area contributed by atoms with Gasteiger partial charge in [0.15, 0.2) is 5.58 Å². The molecule has 29 heavy (non-hydrogen) atoms. The molecule has 1 atom stereocenters. The lowest BCUT2D eigenvalue weighted by Crippen LogP contribution is -2.51. The van der Waals surface area contributed by atoms with Crippen LogP contribution in [0.5, 0.6) is 5.75 Å². The van der Waals surface area contributed by atoms with Crippen LogP contribution in [-0.2, 0) is 20.8 Å². The highest BCUT2D eigenvalue weighted by molar-refractivity contribution is 6.32. The summed E-state index contributed by atoms with van der Waals surface area (Å²) in [6.07, 6.45) is -0.409. The third kappa shape index (κ3) is 5.94. The molecule has 0 saturated carbocycles. The number of esters is 1. The Balaban J connectivity index is 2.10. The minimum absolute atomic E-state index is 0.0168. The lowest BCUT2D eigenvalue weighted by Gasteiger charge is -2.23. The molecule has 0 fully saturated rings. The van der Waals surface area contributed by atoms with E-state index < -0.39 is 30.5 Å². The average molecular weight is 433 g/mol. The number of aromatic nitrogens is 1. The number of aryl methyl sites for hydroxylation is 1. The minimum Gasteiger partial charge on any atom is -0.487 e. The van der Waals surface area contributed by atoms with Gasteiger partial charge in [0.2, 0.25) is 0 Å². The number of methoxy groups -OCH3 is 1. The Kier molecular flexibility index (Phi) is 8.05. The van der Waals surface area contributed by atoms with E-state index in [9.17, 15) is 9.59 Å². The number of hydrogen-bond acceptors (Lipinski definition) is 9. The smallest absolute Gasteiger partial charge is 0.419 e. The number of ether oxygens (including phenoxy) is 3. The van der Waals surface area contributed by atoms with Crippen molar-refractivity contribution in [1.29, 1.82) is 0 Å². The Morgan fingerprint density at radius 2 is 2.07 bits per heavy atom. The van der Waals surface area contributed by atoms with Crippen LogP contribution in [0.2, 0.25) is 5.02 Å². The number of nitrogens with zero attached hydrogens (tertiary/aromatic N) is 1. The second-order valence-electron chi connectivity index (χ2n) is 6.74. The lowest BCUT2D eigenvalue weighted by atomic mass is 10.1. The molecule has 1 aromatic carbocycles. The highest BCUT2D eigenvalue weighted by Crippen LogP contribution is 2.30. The maximum absolute atomic E-state index is 12.2. The molecule has 1 heterocycles. The summed E-state index contributed by atoms with van der Waals surface area (Å²) < 4.78 is 22.1. The summed E-state index contributed by atoms with van der Waals surface area (Å²) in [4.78, 5) is 24.1. The minimum atomic E-state index is -1.42. The Bertz CT molecular complexity index is 890. The van der Waals surface area contributed by atoms with E-state index in [-0.39, 0.29) is 36.3 Å². The normalized spacial score (nSPS) is 12.9. The molecule has 2 rings (SSSR count). The Morgan fingerprint density at radius 3 is 2.69 bits per heavy atom. The van der Waals surface area contributed by atoms with Gasteiger partial charge in [-0.05, 0) is 13.0 Å². The van der Waals surface area contributed by atoms with Crippen LogP contribution in [0.25, 0.3) is 11.1 Å². The van der Waals surface area contributed by atoms with Crippen molar-refractivity contribution in [1.82, 2.24) is 4.57 Å². The van der Waals surface area contributed by atoms with E-state index in [0.717, 1.165) is 0 Å². The van der Waals surface area contributed by atoms with Gasteiger partial charge in [-0.25, -0.2) is 4.79 Å². The van der Waals surface area contributed by atoms with E-state index in [1.54, 1.807) is 14.0 Å². The quantitative estimate of drug-likeness (QED) is 0.426. The van der Waals surface area contributed by atoms with Gasteiger partial charge in [-0.15, -0.1) is 0 Å². The van der Waals surface area contributed by atoms with Gasteiger partial charge in [0.1, 0.15) is 18.5 Å². The molecule has 4 N–H and O–H groups in total. The van der Waals surface area contributed by atoms with Crippen LogP contribution in [0.3, 0.4) is 0 Å². The summed E-state index contributed by atoms with van der Waals surface area (Å²) in [6.45, 7) is 0.699. The lowest BCUT2D eigenvalue weighted by molar-refractivity contribution is -0.146. The third-order valence-corrected chi connectivity index (χ3v) is 4.44. The fourth-order valence-electron chi connectivity index (χ4n) is 2.49. The zero-order chi connectivity index (χ0) is 21.6. The molecule has 11 heteroatoms. The van der Waals surface area contributed by atoms with Crippen LogP contribution in [-0.4, -0.2) is 65.9 Å². The second kappa shape index (κ2) is 10.1. The van der Waals surface area contributed by atoms with Gasteiger partial charge in [-0.3, -0.25) is 9.36 Å². The van der Waals surface area contributed by atoms with Crippen LogP contribution < -0.4 is 16.2 Å².